The quantitative estimate of drug-likeness (QED) is 0.227. The minimum absolute atomic E-state index is 0.679. The molecule has 3 heteroatoms. The minimum Gasteiger partial charge on any atom is -0.453 e. The molecule has 0 fully saturated rings. The van der Waals surface area contributed by atoms with Gasteiger partial charge in [0.05, 0.1) is 11.1 Å². The summed E-state index contributed by atoms with van der Waals surface area (Å²) in [5.74, 6) is 2.93. The maximum atomic E-state index is 6.70. The van der Waals surface area contributed by atoms with E-state index in [1.807, 2.05) is 42.5 Å². The van der Waals surface area contributed by atoms with E-state index in [1.54, 1.807) is 0 Å². The molecule has 0 amide bonds. The summed E-state index contributed by atoms with van der Waals surface area (Å²) in [7, 11) is 0. The van der Waals surface area contributed by atoms with Crippen LogP contribution in [0.3, 0.4) is 0 Å². The maximum Gasteiger partial charge on any atom is 0.193 e. The third kappa shape index (κ3) is 3.98. The van der Waals surface area contributed by atoms with Crippen molar-refractivity contribution in [2.24, 2.45) is 0 Å². The zero-order chi connectivity index (χ0) is 27.2. The van der Waals surface area contributed by atoms with Crippen molar-refractivity contribution in [3.05, 3.63) is 152 Å². The van der Waals surface area contributed by atoms with Gasteiger partial charge in [0.15, 0.2) is 11.5 Å². The molecule has 7 aromatic carbocycles. The average molecular weight is 528 g/mol. The third-order valence-electron chi connectivity index (χ3n) is 7.70. The number of rotatable bonds is 4. The largest absolute Gasteiger partial charge is 0.453 e. The second-order valence-corrected chi connectivity index (χ2v) is 10.2. The molecule has 0 bridgehead atoms. The van der Waals surface area contributed by atoms with E-state index in [0.29, 0.717) is 11.5 Å². The third-order valence-corrected chi connectivity index (χ3v) is 7.70. The fourth-order valence-electron chi connectivity index (χ4n) is 5.81. The van der Waals surface area contributed by atoms with Crippen LogP contribution in [0.4, 0.5) is 17.1 Å². The second kappa shape index (κ2) is 9.58. The van der Waals surface area contributed by atoms with Crippen molar-refractivity contribution in [2.45, 2.75) is 0 Å². The van der Waals surface area contributed by atoms with E-state index in [4.69, 9.17) is 9.47 Å². The predicted octanol–water partition coefficient (Wildman–Crippen LogP) is 11.0. The highest BCUT2D eigenvalue weighted by Crippen LogP contribution is 2.52. The smallest absolute Gasteiger partial charge is 0.193 e. The maximum absolute atomic E-state index is 6.70. The first-order chi connectivity index (χ1) is 20.3. The summed E-state index contributed by atoms with van der Waals surface area (Å²) in [6, 6.07) is 52.4. The zero-order valence-electron chi connectivity index (χ0n) is 22.2. The number of anilines is 3. The Morgan fingerprint density at radius 2 is 1.02 bits per heavy atom. The van der Waals surface area contributed by atoms with Crippen LogP contribution in [-0.4, -0.2) is 0 Å². The average Bonchev–Trinajstić information content (AvgIpc) is 3.20. The molecule has 0 saturated carbocycles. The molecular weight excluding hydrogens is 502 g/mol. The van der Waals surface area contributed by atoms with Crippen LogP contribution >= 0.6 is 0 Å². The fourth-order valence-corrected chi connectivity index (χ4v) is 5.81. The van der Waals surface area contributed by atoms with E-state index in [2.05, 4.69) is 114 Å². The van der Waals surface area contributed by atoms with Gasteiger partial charge in [-0.1, -0.05) is 103 Å². The van der Waals surface area contributed by atoms with Crippen LogP contribution in [0.2, 0.25) is 0 Å². The normalized spacial score (nSPS) is 11.8. The molecule has 0 radical (unpaired) electrons. The predicted molar refractivity (Wildman–Crippen MR) is 168 cm³/mol. The lowest BCUT2D eigenvalue weighted by molar-refractivity contribution is 0.440. The number of fused-ring (bicyclic) bond motifs is 2. The molecule has 8 rings (SSSR count). The summed E-state index contributed by atoms with van der Waals surface area (Å²) in [4.78, 5) is 2.23. The highest BCUT2D eigenvalue weighted by atomic mass is 16.5. The van der Waals surface area contributed by atoms with Gasteiger partial charge in [-0.25, -0.2) is 0 Å². The SMILES string of the molecule is c1ccc(N(c2ccc(-c3cccc4ccccc34)cc2)c2cccc3c2Oc2cccc4cccc(c24)O3)cc1. The number of benzene rings is 7. The highest BCUT2D eigenvalue weighted by molar-refractivity contribution is 5.98. The van der Waals surface area contributed by atoms with Gasteiger partial charge in [0, 0.05) is 11.4 Å². The molecule has 0 saturated heterocycles. The number of nitrogens with zero attached hydrogens (tertiary/aromatic N) is 1. The molecule has 1 aliphatic heterocycles. The Morgan fingerprint density at radius 1 is 0.415 bits per heavy atom. The summed E-state index contributed by atoms with van der Waals surface area (Å²) in [5, 5.41) is 4.54. The first kappa shape index (κ1) is 23.4. The van der Waals surface area contributed by atoms with Crippen LogP contribution < -0.4 is 14.4 Å². The molecule has 0 aromatic heterocycles. The van der Waals surface area contributed by atoms with E-state index in [1.165, 1.54) is 21.9 Å². The summed E-state index contributed by atoms with van der Waals surface area (Å²) < 4.78 is 13.2. The standard InChI is InChI=1S/C38H25NO2/c1-2-14-29(15-3-1)39(30-24-22-27(23-25-30)32-17-6-11-26-10-4-5-16-31(26)32)33-18-9-21-36-38(33)41-35-20-8-13-28-12-7-19-34(40-36)37(28)35/h1-25H. The molecule has 0 aliphatic carbocycles. The molecule has 0 atom stereocenters. The topological polar surface area (TPSA) is 21.7 Å². The summed E-state index contributed by atoms with van der Waals surface area (Å²) in [6.07, 6.45) is 0. The van der Waals surface area contributed by atoms with E-state index in [-0.39, 0.29) is 0 Å². The summed E-state index contributed by atoms with van der Waals surface area (Å²) in [5.41, 5.74) is 5.35. The van der Waals surface area contributed by atoms with Gasteiger partial charge in [-0.3, -0.25) is 0 Å². The lowest BCUT2D eigenvalue weighted by atomic mass is 9.98. The van der Waals surface area contributed by atoms with Gasteiger partial charge in [-0.2, -0.15) is 0 Å². The van der Waals surface area contributed by atoms with Crippen molar-refractivity contribution < 1.29 is 9.47 Å². The van der Waals surface area contributed by atoms with Crippen LogP contribution in [0.5, 0.6) is 23.0 Å². The van der Waals surface area contributed by atoms with Crippen molar-refractivity contribution in [3.63, 3.8) is 0 Å². The number of hydrogen-bond acceptors (Lipinski definition) is 3. The van der Waals surface area contributed by atoms with Gasteiger partial charge in [0.25, 0.3) is 0 Å². The van der Waals surface area contributed by atoms with Crippen molar-refractivity contribution >= 4 is 38.6 Å². The first-order valence-corrected chi connectivity index (χ1v) is 13.8. The van der Waals surface area contributed by atoms with Gasteiger partial charge < -0.3 is 14.4 Å². The fraction of sp³-hybridized carbons (Fsp3) is 0. The van der Waals surface area contributed by atoms with Crippen LogP contribution in [0.25, 0.3) is 32.7 Å². The zero-order valence-corrected chi connectivity index (χ0v) is 22.2. The molecule has 1 heterocycles. The highest BCUT2D eigenvalue weighted by Gasteiger charge is 2.25. The summed E-state index contributed by atoms with van der Waals surface area (Å²) in [6.45, 7) is 0. The molecule has 194 valence electrons. The van der Waals surface area contributed by atoms with Crippen LogP contribution in [0.1, 0.15) is 0 Å². The Balaban J connectivity index is 1.28. The Kier molecular flexibility index (Phi) is 5.46. The Hall–Kier alpha value is -5.54. The van der Waals surface area contributed by atoms with E-state index in [0.717, 1.165) is 39.3 Å². The minimum atomic E-state index is 0.679. The monoisotopic (exact) mass is 527 g/mol. The Morgan fingerprint density at radius 3 is 1.85 bits per heavy atom. The van der Waals surface area contributed by atoms with E-state index >= 15 is 0 Å². The van der Waals surface area contributed by atoms with Gasteiger partial charge in [-0.15, -0.1) is 0 Å². The molecule has 0 spiro atoms. The second-order valence-electron chi connectivity index (χ2n) is 10.2. The van der Waals surface area contributed by atoms with E-state index < -0.39 is 0 Å². The van der Waals surface area contributed by atoms with Crippen molar-refractivity contribution in [2.75, 3.05) is 4.90 Å². The Labute approximate surface area is 238 Å². The molecule has 0 unspecified atom stereocenters. The van der Waals surface area contributed by atoms with Gasteiger partial charge in [-0.05, 0) is 75.8 Å². The molecule has 1 aliphatic rings. The number of para-hydroxylation sites is 2. The van der Waals surface area contributed by atoms with Crippen molar-refractivity contribution in [1.82, 2.24) is 0 Å². The summed E-state index contributed by atoms with van der Waals surface area (Å²) >= 11 is 0. The molecule has 41 heavy (non-hydrogen) atoms. The Bertz CT molecular complexity index is 2040. The van der Waals surface area contributed by atoms with Gasteiger partial charge in [0.2, 0.25) is 0 Å². The number of hydrogen-bond donors (Lipinski definition) is 0. The van der Waals surface area contributed by atoms with Crippen LogP contribution in [-0.2, 0) is 0 Å². The lowest BCUT2D eigenvalue weighted by Crippen LogP contribution is -2.11. The first-order valence-electron chi connectivity index (χ1n) is 13.8. The molecular formula is C38H25NO2. The van der Waals surface area contributed by atoms with E-state index in [9.17, 15) is 0 Å². The molecule has 3 nitrogen and oxygen atoms in total. The van der Waals surface area contributed by atoms with Gasteiger partial charge >= 0.3 is 0 Å². The van der Waals surface area contributed by atoms with Crippen molar-refractivity contribution in [3.8, 4) is 34.1 Å². The van der Waals surface area contributed by atoms with Crippen LogP contribution in [0.15, 0.2) is 152 Å². The number of ether oxygens (including phenoxy) is 2. The van der Waals surface area contributed by atoms with Crippen LogP contribution in [0, 0.1) is 0 Å². The molecule has 7 aromatic rings. The lowest BCUT2D eigenvalue weighted by Gasteiger charge is -2.28. The van der Waals surface area contributed by atoms with Crippen molar-refractivity contribution in [1.29, 1.82) is 0 Å². The molecule has 0 N–H and O–H groups in total. The van der Waals surface area contributed by atoms with Gasteiger partial charge in [0.1, 0.15) is 11.5 Å².